The largest absolute Gasteiger partial charge is 0.496 e. The second-order valence-corrected chi connectivity index (χ2v) is 8.70. The molecule has 3 aliphatic heterocycles. The van der Waals surface area contributed by atoms with Crippen LogP contribution in [0, 0.1) is 5.92 Å². The van der Waals surface area contributed by atoms with Gasteiger partial charge in [-0.15, -0.1) is 0 Å². The normalized spacial score (nSPS) is 25.9. The van der Waals surface area contributed by atoms with Crippen molar-refractivity contribution < 1.29 is 18.4 Å². The van der Waals surface area contributed by atoms with Gasteiger partial charge in [-0.25, -0.2) is 0 Å². The van der Waals surface area contributed by atoms with Gasteiger partial charge < -0.3 is 19.0 Å². The number of piperidine rings is 3. The Hall–Kier alpha value is -2.79. The number of hydrogen-bond acceptors (Lipinski definition) is 3. The summed E-state index contributed by atoms with van der Waals surface area (Å²) in [6.45, 7) is 3.47. The summed E-state index contributed by atoms with van der Waals surface area (Å²) in [4.78, 5) is 13.0. The van der Waals surface area contributed by atoms with Crippen LogP contribution in [0.3, 0.4) is 0 Å². The van der Waals surface area contributed by atoms with E-state index in [-0.39, 0.29) is 11.9 Å². The molecule has 0 spiro atoms. The fraction of sp³-hybridized carbons (Fsp3) is 0.375. The first-order valence-electron chi connectivity index (χ1n) is 10.4. The SMILES string of the molecule is COc1ccccc1-c1cccc2cc(C(=O)N[C@H]3C[N+]4(C)CCC3CC4)oc12. The van der Waals surface area contributed by atoms with Gasteiger partial charge in [0.25, 0.3) is 5.91 Å². The van der Waals surface area contributed by atoms with Crippen molar-refractivity contribution in [3.63, 3.8) is 0 Å². The molecule has 3 fully saturated rings. The maximum Gasteiger partial charge on any atom is 0.287 e. The van der Waals surface area contributed by atoms with Crippen LogP contribution in [-0.2, 0) is 0 Å². The van der Waals surface area contributed by atoms with Gasteiger partial charge in [-0.1, -0.05) is 36.4 Å². The predicted molar refractivity (Wildman–Crippen MR) is 113 cm³/mol. The van der Waals surface area contributed by atoms with Gasteiger partial charge in [-0.05, 0) is 18.1 Å². The number of nitrogens with zero attached hydrogens (tertiary/aromatic N) is 1. The highest BCUT2D eigenvalue weighted by atomic mass is 16.5. The summed E-state index contributed by atoms with van der Waals surface area (Å²) in [7, 11) is 3.96. The molecule has 5 nitrogen and oxygen atoms in total. The van der Waals surface area contributed by atoms with Crippen molar-refractivity contribution in [2.24, 2.45) is 5.92 Å². The predicted octanol–water partition coefficient (Wildman–Crippen LogP) is 4.08. The topological polar surface area (TPSA) is 51.5 Å². The van der Waals surface area contributed by atoms with E-state index in [0.29, 0.717) is 11.7 Å². The summed E-state index contributed by atoms with van der Waals surface area (Å²) in [5, 5.41) is 4.18. The molecule has 0 aliphatic carbocycles. The Balaban J connectivity index is 1.45. The quantitative estimate of drug-likeness (QED) is 0.682. The van der Waals surface area contributed by atoms with Gasteiger partial charge in [-0.2, -0.15) is 0 Å². The number of hydrogen-bond donors (Lipinski definition) is 1. The van der Waals surface area contributed by atoms with Gasteiger partial charge in [-0.3, -0.25) is 4.79 Å². The van der Waals surface area contributed by atoms with Crippen LogP contribution in [0.2, 0.25) is 0 Å². The first-order valence-corrected chi connectivity index (χ1v) is 10.4. The Morgan fingerprint density at radius 1 is 1.10 bits per heavy atom. The zero-order chi connectivity index (χ0) is 20.0. The second-order valence-electron chi connectivity index (χ2n) is 8.70. The number of furan rings is 1. The van der Waals surface area contributed by atoms with Gasteiger partial charge in [0.05, 0.1) is 39.8 Å². The van der Waals surface area contributed by atoms with Gasteiger partial charge in [0.15, 0.2) is 5.76 Å². The summed E-state index contributed by atoms with van der Waals surface area (Å²) >= 11 is 0. The fourth-order valence-electron chi connectivity index (χ4n) is 5.08. The number of benzene rings is 2. The van der Waals surface area contributed by atoms with E-state index in [0.717, 1.165) is 38.9 Å². The molecule has 1 aromatic heterocycles. The number of likely N-dealkylation sites (N-methyl/N-ethyl adjacent to an activating group) is 1. The smallest absolute Gasteiger partial charge is 0.287 e. The summed E-state index contributed by atoms with van der Waals surface area (Å²) in [5.74, 6) is 1.64. The van der Waals surface area contributed by atoms with Crippen LogP contribution in [0.25, 0.3) is 22.1 Å². The lowest BCUT2D eigenvalue weighted by Gasteiger charge is -2.50. The number of rotatable bonds is 4. The molecule has 1 N–H and O–H groups in total. The average Bonchev–Trinajstić information content (AvgIpc) is 3.18. The van der Waals surface area contributed by atoms with Crippen molar-refractivity contribution >= 4 is 16.9 Å². The van der Waals surface area contributed by atoms with E-state index in [9.17, 15) is 4.79 Å². The molecule has 1 amide bonds. The van der Waals surface area contributed by atoms with Crippen molar-refractivity contribution in [1.29, 1.82) is 0 Å². The molecule has 5 heteroatoms. The van der Waals surface area contributed by atoms with Crippen molar-refractivity contribution in [3.8, 4) is 16.9 Å². The maximum absolute atomic E-state index is 13.0. The lowest BCUT2D eigenvalue weighted by atomic mass is 9.82. The van der Waals surface area contributed by atoms with E-state index in [2.05, 4.69) is 12.4 Å². The number of ether oxygens (including phenoxy) is 1. The lowest BCUT2D eigenvalue weighted by Crippen LogP contribution is -2.65. The number of carbonyl (C=O) groups excluding carboxylic acids is 1. The second kappa shape index (κ2) is 6.92. The van der Waals surface area contributed by atoms with E-state index in [1.165, 1.54) is 25.9 Å². The Labute approximate surface area is 170 Å². The number of methoxy groups -OCH3 is 1. The molecule has 3 aromatic rings. The van der Waals surface area contributed by atoms with E-state index < -0.39 is 0 Å². The standard InChI is InChI=1S/C24H26N2O3/c1-26-12-10-16(11-13-26)20(15-26)25-24(27)22-14-17-6-5-8-19(23(17)29-22)18-7-3-4-9-21(18)28-2/h3-9,14,16,20H,10-13,15H2,1-2H3/p+1/t16?,20-,26?/m0/s1. The molecular weight excluding hydrogens is 364 g/mol. The Morgan fingerprint density at radius 3 is 2.62 bits per heavy atom. The number of amides is 1. The summed E-state index contributed by atoms with van der Waals surface area (Å²) in [5.41, 5.74) is 2.60. The maximum atomic E-state index is 13.0. The average molecular weight is 391 g/mol. The monoisotopic (exact) mass is 391 g/mol. The Kier molecular flexibility index (Phi) is 4.36. The van der Waals surface area contributed by atoms with Crippen molar-refractivity contribution in [3.05, 3.63) is 54.3 Å². The highest BCUT2D eigenvalue weighted by Gasteiger charge is 2.44. The molecule has 0 saturated carbocycles. The zero-order valence-electron chi connectivity index (χ0n) is 17.0. The molecule has 1 atom stereocenters. The number of carbonyl (C=O) groups is 1. The highest BCUT2D eigenvalue weighted by Crippen LogP contribution is 2.36. The van der Waals surface area contributed by atoms with E-state index >= 15 is 0 Å². The summed E-state index contributed by atoms with van der Waals surface area (Å²) in [6.07, 6.45) is 2.39. The molecule has 0 unspecified atom stereocenters. The molecule has 150 valence electrons. The summed E-state index contributed by atoms with van der Waals surface area (Å²) in [6, 6.07) is 15.9. The molecule has 3 aliphatic rings. The molecule has 6 rings (SSSR count). The number of para-hydroxylation sites is 2. The molecule has 2 bridgehead atoms. The first kappa shape index (κ1) is 18.3. The van der Waals surface area contributed by atoms with E-state index in [4.69, 9.17) is 9.15 Å². The molecular formula is C24H27N2O3+. The third-order valence-corrected chi connectivity index (χ3v) is 6.77. The first-order chi connectivity index (χ1) is 14.1. The minimum absolute atomic E-state index is 0.113. The van der Waals surface area contributed by atoms with Crippen molar-refractivity contribution in [2.45, 2.75) is 18.9 Å². The van der Waals surface area contributed by atoms with E-state index in [1.54, 1.807) is 7.11 Å². The number of quaternary nitrogens is 1. The minimum Gasteiger partial charge on any atom is -0.496 e. The molecule has 4 heterocycles. The van der Waals surface area contributed by atoms with Gasteiger partial charge in [0, 0.05) is 29.4 Å². The Morgan fingerprint density at radius 2 is 1.86 bits per heavy atom. The minimum atomic E-state index is -0.113. The van der Waals surface area contributed by atoms with Crippen LogP contribution < -0.4 is 10.1 Å². The molecule has 2 aromatic carbocycles. The molecule has 29 heavy (non-hydrogen) atoms. The van der Waals surface area contributed by atoms with Gasteiger partial charge >= 0.3 is 0 Å². The Bertz CT molecular complexity index is 1060. The van der Waals surface area contributed by atoms with Gasteiger partial charge in [0.2, 0.25) is 0 Å². The fourth-order valence-corrected chi connectivity index (χ4v) is 5.08. The van der Waals surface area contributed by atoms with Crippen LogP contribution in [0.1, 0.15) is 23.4 Å². The third kappa shape index (κ3) is 3.19. The van der Waals surface area contributed by atoms with Crippen LogP contribution >= 0.6 is 0 Å². The van der Waals surface area contributed by atoms with Crippen LogP contribution in [-0.4, -0.2) is 50.2 Å². The van der Waals surface area contributed by atoms with Gasteiger partial charge in [0.1, 0.15) is 11.3 Å². The van der Waals surface area contributed by atoms with Crippen LogP contribution in [0.5, 0.6) is 5.75 Å². The van der Waals surface area contributed by atoms with Crippen LogP contribution in [0.4, 0.5) is 0 Å². The number of nitrogens with one attached hydrogen (secondary N) is 1. The third-order valence-electron chi connectivity index (χ3n) is 6.77. The highest BCUT2D eigenvalue weighted by molar-refractivity contribution is 6.00. The number of fused-ring (bicyclic) bond motifs is 4. The zero-order valence-corrected chi connectivity index (χ0v) is 17.0. The lowest BCUT2D eigenvalue weighted by molar-refractivity contribution is -0.925. The summed E-state index contributed by atoms with van der Waals surface area (Å²) < 4.78 is 12.7. The van der Waals surface area contributed by atoms with E-state index in [1.807, 2.05) is 48.5 Å². The van der Waals surface area contributed by atoms with Crippen LogP contribution in [0.15, 0.2) is 52.9 Å². The molecule has 0 radical (unpaired) electrons. The van der Waals surface area contributed by atoms with Crippen molar-refractivity contribution in [1.82, 2.24) is 5.32 Å². The molecule has 3 saturated heterocycles. The van der Waals surface area contributed by atoms with Crippen molar-refractivity contribution in [2.75, 3.05) is 33.8 Å².